The van der Waals surface area contributed by atoms with Gasteiger partial charge in [0.1, 0.15) is 42.4 Å². The van der Waals surface area contributed by atoms with Crippen LogP contribution >= 0.6 is 0 Å². The van der Waals surface area contributed by atoms with E-state index in [2.05, 4.69) is 36.4 Å². The van der Waals surface area contributed by atoms with Crippen LogP contribution in [0.4, 0.5) is 0 Å². The molecule has 4 N–H and O–H groups in total. The fraction of sp³-hybridized carbons (Fsp3) is 0.333. The highest BCUT2D eigenvalue weighted by Crippen LogP contribution is 2.26. The van der Waals surface area contributed by atoms with Crippen LogP contribution in [0.15, 0.2) is 92.6 Å². The van der Waals surface area contributed by atoms with Gasteiger partial charge in [0.25, 0.3) is 17.7 Å². The Balaban J connectivity index is 1.20. The fourth-order valence-electron chi connectivity index (χ4n) is 6.71. The summed E-state index contributed by atoms with van der Waals surface area (Å²) in [5.74, 6) is -2.79. The van der Waals surface area contributed by atoms with Gasteiger partial charge < -0.3 is 39.5 Å². The zero-order valence-corrected chi connectivity index (χ0v) is 30.4. The summed E-state index contributed by atoms with van der Waals surface area (Å²) in [6.45, 7) is 5.41. The number of fused-ring (bicyclic) bond motifs is 5. The van der Waals surface area contributed by atoms with E-state index in [1.54, 1.807) is 6.92 Å². The molecule has 284 valence electrons. The van der Waals surface area contributed by atoms with Crippen LogP contribution in [-0.4, -0.2) is 74.2 Å². The van der Waals surface area contributed by atoms with Crippen LogP contribution in [0.5, 0.6) is 0 Å². The molecule has 1 saturated heterocycles. The van der Waals surface area contributed by atoms with Gasteiger partial charge in [-0.15, -0.1) is 0 Å². The highest BCUT2D eigenvalue weighted by molar-refractivity contribution is 5.98. The third-order valence-electron chi connectivity index (χ3n) is 9.45. The van der Waals surface area contributed by atoms with Crippen LogP contribution in [0.2, 0.25) is 0 Å². The molecule has 0 unspecified atom stereocenters. The molecule has 4 bridgehead atoms. The largest absolute Gasteiger partial charge is 0.446 e. The van der Waals surface area contributed by atoms with Crippen LogP contribution in [0.3, 0.4) is 0 Å². The molecule has 2 aliphatic heterocycles. The van der Waals surface area contributed by atoms with E-state index in [1.807, 2.05) is 74.5 Å². The molecule has 0 spiro atoms. The van der Waals surface area contributed by atoms with Crippen molar-refractivity contribution in [3.8, 4) is 11.3 Å². The van der Waals surface area contributed by atoms with Gasteiger partial charge in [-0.3, -0.25) is 24.0 Å². The summed E-state index contributed by atoms with van der Waals surface area (Å²) in [6, 6.07) is 15.7. The van der Waals surface area contributed by atoms with Crippen molar-refractivity contribution < 1.29 is 37.3 Å². The number of carbonyl (C=O) groups is 5. The van der Waals surface area contributed by atoms with E-state index < -0.39 is 59.7 Å². The number of nitrogens with zero attached hydrogens (tertiary/aromatic N) is 4. The maximum atomic E-state index is 14.3. The number of hydrogen-bond donors (Lipinski definition) is 4. The summed E-state index contributed by atoms with van der Waals surface area (Å²) in [5.41, 5.74) is 1.89. The summed E-state index contributed by atoms with van der Waals surface area (Å²) in [7, 11) is 0. The van der Waals surface area contributed by atoms with Gasteiger partial charge in [-0.1, -0.05) is 79.7 Å². The van der Waals surface area contributed by atoms with Crippen molar-refractivity contribution in [3.05, 3.63) is 114 Å². The quantitative estimate of drug-likeness (QED) is 0.188. The molecule has 5 amide bonds. The van der Waals surface area contributed by atoms with E-state index >= 15 is 0 Å². The Labute approximate surface area is 315 Å². The molecular weight excluding hydrogens is 708 g/mol. The average molecular weight is 749 g/mol. The van der Waals surface area contributed by atoms with Gasteiger partial charge in [0, 0.05) is 30.6 Å². The molecule has 1 fully saturated rings. The van der Waals surface area contributed by atoms with E-state index in [4.69, 9.17) is 13.4 Å². The first kappa shape index (κ1) is 36.8. The number of aromatic nitrogens is 3. The Kier molecular flexibility index (Phi) is 10.6. The molecule has 16 nitrogen and oxygen atoms in total. The first-order chi connectivity index (χ1) is 26.5. The number of hydrogen-bond acceptors (Lipinski definition) is 11. The molecule has 5 atom stereocenters. The van der Waals surface area contributed by atoms with Gasteiger partial charge in [-0.05, 0) is 31.2 Å². The van der Waals surface area contributed by atoms with Crippen LogP contribution in [0.25, 0.3) is 11.3 Å². The van der Waals surface area contributed by atoms with E-state index in [0.717, 1.165) is 17.4 Å². The lowest BCUT2D eigenvalue weighted by Gasteiger charge is -2.25. The molecule has 3 aromatic heterocycles. The minimum Gasteiger partial charge on any atom is -0.446 e. The van der Waals surface area contributed by atoms with E-state index in [-0.39, 0.29) is 54.2 Å². The second kappa shape index (κ2) is 15.8. The Bertz CT molecular complexity index is 2180. The minimum atomic E-state index is -1.09. The lowest BCUT2D eigenvalue weighted by Crippen LogP contribution is -2.48. The second-order valence-electron chi connectivity index (χ2n) is 14.1. The van der Waals surface area contributed by atoms with E-state index in [9.17, 15) is 24.0 Å². The summed E-state index contributed by atoms with van der Waals surface area (Å²) >= 11 is 0. The van der Waals surface area contributed by atoms with Gasteiger partial charge in [0.05, 0.1) is 0 Å². The van der Waals surface area contributed by atoms with Gasteiger partial charge in [0.15, 0.2) is 11.4 Å². The lowest BCUT2D eigenvalue weighted by atomic mass is 10.0. The van der Waals surface area contributed by atoms with E-state index in [0.29, 0.717) is 12.1 Å². The molecule has 0 aliphatic carbocycles. The van der Waals surface area contributed by atoms with Gasteiger partial charge in [-0.25, -0.2) is 9.97 Å². The molecule has 7 rings (SSSR count). The number of oxazole rings is 2. The van der Waals surface area contributed by atoms with Crippen molar-refractivity contribution in [1.82, 2.24) is 41.3 Å². The monoisotopic (exact) mass is 748 g/mol. The molecule has 55 heavy (non-hydrogen) atoms. The van der Waals surface area contributed by atoms with Crippen molar-refractivity contribution in [1.29, 1.82) is 0 Å². The second-order valence-corrected chi connectivity index (χ2v) is 14.1. The highest BCUT2D eigenvalue weighted by Gasteiger charge is 2.43. The first-order valence-corrected chi connectivity index (χ1v) is 18.0. The summed E-state index contributed by atoms with van der Waals surface area (Å²) in [4.78, 5) is 78.8. The SMILES string of the molecule is CC(C)C[C@H]1NC(=O)c2coc(n2)[C@H](Cc2ccccc2)NC(=O)[C@@H]2C[C@H](NC(=O)c3cc(-c4ccccc4)no3)CN2C(=O)c2coc(n2)[C@@H](C)NC1=O. The van der Waals surface area contributed by atoms with Crippen LogP contribution in [0, 0.1) is 5.92 Å². The standard InChI is InChI=1S/C39H40N8O8/c1-21(2)14-27-33(48)40-22(3)37-45-30(20-53-37)39(52)47-18-25(41-36(51)32-17-26(46-55-32)24-12-8-5-9-13-24)16-31(47)35(50)43-28(15-23-10-6-4-7-11-23)38-44-29(19-54-38)34(49)42-27/h4-13,17,19-22,25,27-28,31H,14-16,18H2,1-3H3,(H,40,48)(H,41,51)(H,42,49)(H,43,50)/t22-,25+,27-,28+,31+/m1/s1. The van der Waals surface area contributed by atoms with Crippen molar-refractivity contribution in [2.45, 2.75) is 70.2 Å². The molecule has 5 heterocycles. The van der Waals surface area contributed by atoms with Gasteiger partial charge in [0.2, 0.25) is 29.4 Å². The van der Waals surface area contributed by atoms with Gasteiger partial charge in [-0.2, -0.15) is 0 Å². The Morgan fingerprint density at radius 3 is 2.29 bits per heavy atom. The Morgan fingerprint density at radius 2 is 1.55 bits per heavy atom. The molecule has 2 aliphatic rings. The van der Waals surface area contributed by atoms with Crippen LogP contribution < -0.4 is 21.3 Å². The van der Waals surface area contributed by atoms with Crippen LogP contribution in [-0.2, 0) is 16.0 Å². The summed E-state index contributed by atoms with van der Waals surface area (Å²) < 4.78 is 16.8. The summed E-state index contributed by atoms with van der Waals surface area (Å²) in [5, 5.41) is 15.4. The molecule has 0 radical (unpaired) electrons. The average Bonchev–Trinajstić information content (AvgIpc) is 4.01. The maximum Gasteiger partial charge on any atom is 0.290 e. The van der Waals surface area contributed by atoms with E-state index in [1.165, 1.54) is 17.2 Å². The molecular formula is C39H40N8O8. The number of amides is 5. The Morgan fingerprint density at radius 1 is 0.855 bits per heavy atom. The zero-order valence-electron chi connectivity index (χ0n) is 30.4. The predicted molar refractivity (Wildman–Crippen MR) is 194 cm³/mol. The van der Waals surface area contributed by atoms with Gasteiger partial charge >= 0.3 is 0 Å². The maximum absolute atomic E-state index is 14.3. The third-order valence-corrected chi connectivity index (χ3v) is 9.45. The number of benzene rings is 2. The normalized spacial score (nSPS) is 22.0. The molecule has 16 heteroatoms. The third kappa shape index (κ3) is 8.32. The van der Waals surface area contributed by atoms with Crippen molar-refractivity contribution in [3.63, 3.8) is 0 Å². The molecule has 2 aromatic carbocycles. The van der Waals surface area contributed by atoms with Crippen LogP contribution in [0.1, 0.15) is 94.6 Å². The van der Waals surface area contributed by atoms with Crippen molar-refractivity contribution >= 4 is 29.5 Å². The predicted octanol–water partition coefficient (Wildman–Crippen LogP) is 3.77. The summed E-state index contributed by atoms with van der Waals surface area (Å²) in [6.07, 6.45) is 2.92. The smallest absolute Gasteiger partial charge is 0.290 e. The topological polar surface area (TPSA) is 215 Å². The first-order valence-electron chi connectivity index (χ1n) is 18.0. The minimum absolute atomic E-state index is 0.0364. The number of rotatable bonds is 7. The fourth-order valence-corrected chi connectivity index (χ4v) is 6.71. The van der Waals surface area contributed by atoms with Crippen molar-refractivity contribution in [2.75, 3.05) is 6.54 Å². The lowest BCUT2D eigenvalue weighted by molar-refractivity contribution is -0.126. The zero-order chi connectivity index (χ0) is 38.6. The molecule has 0 saturated carbocycles. The highest BCUT2D eigenvalue weighted by atomic mass is 16.5. The Hall–Kier alpha value is -6.58. The van der Waals surface area contributed by atoms with Crippen molar-refractivity contribution in [2.24, 2.45) is 5.92 Å². The molecule has 5 aromatic rings. The number of nitrogens with one attached hydrogen (secondary N) is 4. The number of carbonyl (C=O) groups excluding carboxylic acids is 5.